The van der Waals surface area contributed by atoms with Crippen molar-refractivity contribution in [1.29, 1.82) is 0 Å². The van der Waals surface area contributed by atoms with Crippen LogP contribution in [0.5, 0.6) is 0 Å². The van der Waals surface area contributed by atoms with Crippen molar-refractivity contribution in [3.05, 3.63) is 29.8 Å². The molecular formula is C12H19NO. The highest BCUT2D eigenvalue weighted by atomic mass is 16.3. The molecule has 0 aliphatic carbocycles. The molecule has 0 amide bonds. The van der Waals surface area contributed by atoms with Gasteiger partial charge in [-0.25, -0.2) is 0 Å². The van der Waals surface area contributed by atoms with Gasteiger partial charge in [0.1, 0.15) is 0 Å². The standard InChI is InChI=1S/C12H19NO/c1-4-11(14)9-13(3)12-8-6-5-7-10(12)2/h5-8,11,14H,4,9H2,1-3H3. The van der Waals surface area contributed by atoms with Crippen LogP contribution in [0.3, 0.4) is 0 Å². The van der Waals surface area contributed by atoms with Crippen LogP contribution in [0.25, 0.3) is 0 Å². The first-order valence-corrected chi connectivity index (χ1v) is 5.10. The second kappa shape index (κ2) is 5.01. The van der Waals surface area contributed by atoms with Crippen LogP contribution in [0.1, 0.15) is 18.9 Å². The number of aliphatic hydroxyl groups excluding tert-OH is 1. The van der Waals surface area contributed by atoms with E-state index < -0.39 is 0 Å². The molecule has 14 heavy (non-hydrogen) atoms. The molecule has 1 aromatic rings. The molecule has 0 saturated carbocycles. The Kier molecular flexibility index (Phi) is 3.96. The van der Waals surface area contributed by atoms with Crippen molar-refractivity contribution in [2.75, 3.05) is 18.5 Å². The molecule has 0 aliphatic heterocycles. The number of likely N-dealkylation sites (N-methyl/N-ethyl adjacent to an activating group) is 1. The van der Waals surface area contributed by atoms with Crippen molar-refractivity contribution in [3.63, 3.8) is 0 Å². The summed E-state index contributed by atoms with van der Waals surface area (Å²) >= 11 is 0. The van der Waals surface area contributed by atoms with Crippen LogP contribution in [0.4, 0.5) is 5.69 Å². The van der Waals surface area contributed by atoms with Gasteiger partial charge in [-0.05, 0) is 25.0 Å². The van der Waals surface area contributed by atoms with Crippen molar-refractivity contribution < 1.29 is 5.11 Å². The number of nitrogens with zero attached hydrogens (tertiary/aromatic N) is 1. The molecule has 0 heterocycles. The normalized spacial score (nSPS) is 12.6. The first-order valence-electron chi connectivity index (χ1n) is 5.10. The van der Waals surface area contributed by atoms with Gasteiger partial charge >= 0.3 is 0 Å². The maximum Gasteiger partial charge on any atom is 0.0712 e. The van der Waals surface area contributed by atoms with Crippen LogP contribution in [-0.4, -0.2) is 24.8 Å². The second-order valence-electron chi connectivity index (χ2n) is 3.73. The monoisotopic (exact) mass is 193 g/mol. The largest absolute Gasteiger partial charge is 0.391 e. The van der Waals surface area contributed by atoms with Crippen LogP contribution >= 0.6 is 0 Å². The van der Waals surface area contributed by atoms with Crippen molar-refractivity contribution in [2.45, 2.75) is 26.4 Å². The maximum atomic E-state index is 9.54. The third kappa shape index (κ3) is 2.74. The third-order valence-electron chi connectivity index (χ3n) is 2.48. The van der Waals surface area contributed by atoms with Gasteiger partial charge < -0.3 is 10.0 Å². The average molecular weight is 193 g/mol. The fourth-order valence-electron chi connectivity index (χ4n) is 1.54. The summed E-state index contributed by atoms with van der Waals surface area (Å²) in [6.45, 7) is 4.78. The zero-order valence-corrected chi connectivity index (χ0v) is 9.20. The van der Waals surface area contributed by atoms with Crippen LogP contribution in [0.15, 0.2) is 24.3 Å². The number of hydrogen-bond acceptors (Lipinski definition) is 2. The Morgan fingerprint density at radius 3 is 2.57 bits per heavy atom. The number of hydrogen-bond donors (Lipinski definition) is 1. The number of aliphatic hydroxyl groups is 1. The second-order valence-corrected chi connectivity index (χ2v) is 3.73. The van der Waals surface area contributed by atoms with E-state index in [1.54, 1.807) is 0 Å². The molecule has 78 valence electrons. The molecule has 2 heteroatoms. The molecule has 1 rings (SSSR count). The van der Waals surface area contributed by atoms with E-state index in [0.717, 1.165) is 6.42 Å². The smallest absolute Gasteiger partial charge is 0.0712 e. The molecule has 1 N–H and O–H groups in total. The highest BCUT2D eigenvalue weighted by Gasteiger charge is 2.07. The summed E-state index contributed by atoms with van der Waals surface area (Å²) in [7, 11) is 2.02. The predicted molar refractivity (Wildman–Crippen MR) is 60.7 cm³/mol. The van der Waals surface area contributed by atoms with Gasteiger partial charge in [0.2, 0.25) is 0 Å². The summed E-state index contributed by atoms with van der Waals surface area (Å²) in [5.74, 6) is 0. The Morgan fingerprint density at radius 1 is 1.36 bits per heavy atom. The van der Waals surface area contributed by atoms with Crippen molar-refractivity contribution in [1.82, 2.24) is 0 Å². The summed E-state index contributed by atoms with van der Waals surface area (Å²) in [5.41, 5.74) is 2.44. The zero-order chi connectivity index (χ0) is 10.6. The van der Waals surface area contributed by atoms with E-state index in [9.17, 15) is 5.11 Å². The summed E-state index contributed by atoms with van der Waals surface area (Å²) in [5, 5.41) is 9.54. The molecule has 0 spiro atoms. The third-order valence-corrected chi connectivity index (χ3v) is 2.48. The Morgan fingerprint density at radius 2 is 2.00 bits per heavy atom. The van der Waals surface area contributed by atoms with Crippen molar-refractivity contribution in [3.8, 4) is 0 Å². The molecule has 0 bridgehead atoms. The van der Waals surface area contributed by atoms with Gasteiger partial charge in [-0.1, -0.05) is 25.1 Å². The maximum absolute atomic E-state index is 9.54. The van der Waals surface area contributed by atoms with E-state index in [1.165, 1.54) is 11.3 Å². The molecule has 0 saturated heterocycles. The average Bonchev–Trinajstić information content (AvgIpc) is 2.18. The molecule has 0 aromatic heterocycles. The van der Waals surface area contributed by atoms with Gasteiger partial charge in [-0.2, -0.15) is 0 Å². The van der Waals surface area contributed by atoms with E-state index in [4.69, 9.17) is 0 Å². The van der Waals surface area contributed by atoms with Crippen molar-refractivity contribution in [2.24, 2.45) is 0 Å². The van der Waals surface area contributed by atoms with E-state index in [0.29, 0.717) is 6.54 Å². The number of benzene rings is 1. The van der Waals surface area contributed by atoms with Crippen LogP contribution in [-0.2, 0) is 0 Å². The Labute approximate surface area is 86.2 Å². The minimum atomic E-state index is -0.236. The lowest BCUT2D eigenvalue weighted by molar-refractivity contribution is 0.177. The Hall–Kier alpha value is -1.02. The highest BCUT2D eigenvalue weighted by Crippen LogP contribution is 2.17. The minimum absolute atomic E-state index is 0.236. The molecule has 2 nitrogen and oxygen atoms in total. The van der Waals surface area contributed by atoms with Crippen LogP contribution in [0, 0.1) is 6.92 Å². The number of para-hydroxylation sites is 1. The Bertz CT molecular complexity index is 285. The first-order chi connectivity index (χ1) is 6.65. The molecule has 0 aliphatic rings. The molecule has 0 fully saturated rings. The zero-order valence-electron chi connectivity index (χ0n) is 9.20. The van der Waals surface area contributed by atoms with Gasteiger partial charge in [0.25, 0.3) is 0 Å². The van der Waals surface area contributed by atoms with Crippen LogP contribution in [0.2, 0.25) is 0 Å². The van der Waals surface area contributed by atoms with Crippen LogP contribution < -0.4 is 4.90 Å². The molecule has 1 aromatic carbocycles. The predicted octanol–water partition coefficient (Wildman–Crippen LogP) is 2.20. The lowest BCUT2D eigenvalue weighted by Crippen LogP contribution is -2.28. The molecular weight excluding hydrogens is 174 g/mol. The highest BCUT2D eigenvalue weighted by molar-refractivity contribution is 5.52. The summed E-state index contributed by atoms with van der Waals surface area (Å²) < 4.78 is 0. The van der Waals surface area contributed by atoms with E-state index in [2.05, 4.69) is 24.0 Å². The van der Waals surface area contributed by atoms with Gasteiger partial charge in [-0.3, -0.25) is 0 Å². The summed E-state index contributed by atoms with van der Waals surface area (Å²) in [6, 6.07) is 8.22. The number of rotatable bonds is 4. The summed E-state index contributed by atoms with van der Waals surface area (Å²) in [6.07, 6.45) is 0.565. The molecule has 1 unspecified atom stereocenters. The topological polar surface area (TPSA) is 23.5 Å². The number of aryl methyl sites for hydroxylation is 1. The van der Waals surface area contributed by atoms with Gasteiger partial charge in [0.15, 0.2) is 0 Å². The SMILES string of the molecule is CCC(O)CN(C)c1ccccc1C. The van der Waals surface area contributed by atoms with E-state index >= 15 is 0 Å². The Balaban J connectivity index is 2.69. The minimum Gasteiger partial charge on any atom is -0.391 e. The quantitative estimate of drug-likeness (QED) is 0.792. The first kappa shape index (κ1) is 11.1. The molecule has 0 radical (unpaired) electrons. The molecule has 1 atom stereocenters. The fraction of sp³-hybridized carbons (Fsp3) is 0.500. The van der Waals surface area contributed by atoms with E-state index in [1.807, 2.05) is 26.1 Å². The summed E-state index contributed by atoms with van der Waals surface area (Å²) in [4.78, 5) is 2.10. The van der Waals surface area contributed by atoms with Gasteiger partial charge in [-0.15, -0.1) is 0 Å². The van der Waals surface area contributed by atoms with Crippen molar-refractivity contribution >= 4 is 5.69 Å². The van der Waals surface area contributed by atoms with Gasteiger partial charge in [0, 0.05) is 19.3 Å². The number of anilines is 1. The lowest BCUT2D eigenvalue weighted by atomic mass is 10.1. The van der Waals surface area contributed by atoms with E-state index in [-0.39, 0.29) is 6.10 Å². The lowest BCUT2D eigenvalue weighted by Gasteiger charge is -2.23. The van der Waals surface area contributed by atoms with Gasteiger partial charge in [0.05, 0.1) is 6.10 Å². The fourth-order valence-corrected chi connectivity index (χ4v) is 1.54.